The van der Waals surface area contributed by atoms with E-state index in [1.165, 1.54) is 6.20 Å². The number of fused-ring (bicyclic) bond motifs is 1. The molecule has 2 rings (SSSR count). The number of aliphatic hydroxyl groups excluding tert-OH is 1. The second kappa shape index (κ2) is 4.39. The molecule has 2 N–H and O–H groups in total. The van der Waals surface area contributed by atoms with Crippen molar-refractivity contribution in [3.63, 3.8) is 0 Å². The minimum atomic E-state index is -0.978. The lowest BCUT2D eigenvalue weighted by Gasteiger charge is -2.04. The molecule has 5 heteroatoms. The van der Waals surface area contributed by atoms with Crippen molar-refractivity contribution in [2.45, 2.75) is 13.5 Å². The maximum Gasteiger partial charge on any atom is 0.337 e. The Balaban J connectivity index is 2.76. The first kappa shape index (κ1) is 12.0. The molecule has 0 fully saturated rings. The van der Waals surface area contributed by atoms with Crippen molar-refractivity contribution in [3.05, 3.63) is 34.5 Å². The fourth-order valence-electron chi connectivity index (χ4n) is 1.88. The number of carboxylic acid groups (broad SMARTS) is 1. The van der Waals surface area contributed by atoms with E-state index in [0.717, 1.165) is 11.1 Å². The van der Waals surface area contributed by atoms with Crippen LogP contribution < -0.4 is 0 Å². The molecule has 0 saturated heterocycles. The Morgan fingerprint density at radius 1 is 1.47 bits per heavy atom. The van der Waals surface area contributed by atoms with Gasteiger partial charge in [0.2, 0.25) is 0 Å². The largest absolute Gasteiger partial charge is 0.478 e. The second-order valence-corrected chi connectivity index (χ2v) is 4.29. The molecule has 2 aromatic rings. The lowest BCUT2D eigenvalue weighted by atomic mass is 10.1. The summed E-state index contributed by atoms with van der Waals surface area (Å²) in [5.41, 5.74) is 1.80. The molecule has 0 atom stereocenters. The van der Waals surface area contributed by atoms with E-state index in [0.29, 0.717) is 17.0 Å². The summed E-state index contributed by atoms with van der Waals surface area (Å²) in [7, 11) is 0. The summed E-state index contributed by atoms with van der Waals surface area (Å²) >= 11 is 6.03. The Morgan fingerprint density at radius 3 is 2.76 bits per heavy atom. The van der Waals surface area contributed by atoms with Crippen molar-refractivity contribution in [3.8, 4) is 0 Å². The van der Waals surface area contributed by atoms with Crippen LogP contribution in [0.3, 0.4) is 0 Å². The number of rotatable bonds is 3. The van der Waals surface area contributed by atoms with Gasteiger partial charge < -0.3 is 14.8 Å². The van der Waals surface area contributed by atoms with Crippen LogP contribution in [0.5, 0.6) is 0 Å². The zero-order valence-corrected chi connectivity index (χ0v) is 10.0. The van der Waals surface area contributed by atoms with Crippen molar-refractivity contribution >= 4 is 28.5 Å². The average Bonchev–Trinajstić information content (AvgIpc) is 2.59. The van der Waals surface area contributed by atoms with Gasteiger partial charge in [-0.3, -0.25) is 0 Å². The molecule has 0 aliphatic heterocycles. The first-order valence-electron chi connectivity index (χ1n) is 5.17. The Hall–Kier alpha value is -1.52. The SMILES string of the molecule is Cc1cc2c(C(=O)O)cn(CCO)c2cc1Cl. The molecule has 1 aromatic carbocycles. The van der Waals surface area contributed by atoms with Crippen molar-refractivity contribution in [1.82, 2.24) is 4.57 Å². The lowest BCUT2D eigenvalue weighted by Crippen LogP contribution is -2.00. The quantitative estimate of drug-likeness (QED) is 0.882. The molecule has 0 unspecified atom stereocenters. The van der Waals surface area contributed by atoms with Gasteiger partial charge >= 0.3 is 5.97 Å². The van der Waals surface area contributed by atoms with E-state index in [9.17, 15) is 4.79 Å². The fourth-order valence-corrected chi connectivity index (χ4v) is 2.04. The molecule has 1 heterocycles. The van der Waals surface area contributed by atoms with Crippen molar-refractivity contribution in [1.29, 1.82) is 0 Å². The maximum absolute atomic E-state index is 11.1. The number of nitrogens with zero attached hydrogens (tertiary/aromatic N) is 1. The summed E-state index contributed by atoms with van der Waals surface area (Å²) in [6.07, 6.45) is 1.53. The molecule has 0 amide bonds. The van der Waals surface area contributed by atoms with Gasteiger partial charge in [-0.1, -0.05) is 11.6 Å². The zero-order valence-electron chi connectivity index (χ0n) is 9.27. The van der Waals surface area contributed by atoms with E-state index in [2.05, 4.69) is 0 Å². The number of aromatic carboxylic acids is 1. The van der Waals surface area contributed by atoms with Crippen LogP contribution in [0, 0.1) is 6.92 Å². The molecule has 0 spiro atoms. The first-order valence-corrected chi connectivity index (χ1v) is 5.55. The van der Waals surface area contributed by atoms with E-state index >= 15 is 0 Å². The van der Waals surface area contributed by atoms with E-state index < -0.39 is 5.97 Å². The predicted molar refractivity (Wildman–Crippen MR) is 65.7 cm³/mol. The van der Waals surface area contributed by atoms with Crippen LogP contribution in [-0.4, -0.2) is 27.4 Å². The minimum Gasteiger partial charge on any atom is -0.478 e. The van der Waals surface area contributed by atoms with E-state index in [4.69, 9.17) is 21.8 Å². The van der Waals surface area contributed by atoms with Crippen LogP contribution >= 0.6 is 11.6 Å². The number of carbonyl (C=O) groups is 1. The van der Waals surface area contributed by atoms with Crippen molar-refractivity contribution in [2.24, 2.45) is 0 Å². The molecule has 17 heavy (non-hydrogen) atoms. The molecule has 0 bridgehead atoms. The Kier molecular flexibility index (Phi) is 3.09. The van der Waals surface area contributed by atoms with Gasteiger partial charge in [0, 0.05) is 23.2 Å². The number of hydrogen-bond donors (Lipinski definition) is 2. The van der Waals surface area contributed by atoms with Crippen LogP contribution in [0.15, 0.2) is 18.3 Å². The highest BCUT2D eigenvalue weighted by molar-refractivity contribution is 6.32. The normalized spacial score (nSPS) is 11.0. The van der Waals surface area contributed by atoms with Crippen LogP contribution in [0.4, 0.5) is 0 Å². The molecule has 0 aliphatic carbocycles. The third-order valence-electron chi connectivity index (χ3n) is 2.73. The van der Waals surface area contributed by atoms with E-state index in [1.807, 2.05) is 6.92 Å². The summed E-state index contributed by atoms with van der Waals surface area (Å²) in [6, 6.07) is 3.49. The number of halogens is 1. The van der Waals surface area contributed by atoms with Gasteiger partial charge in [0.25, 0.3) is 0 Å². The maximum atomic E-state index is 11.1. The monoisotopic (exact) mass is 253 g/mol. The number of hydrogen-bond acceptors (Lipinski definition) is 2. The molecule has 90 valence electrons. The second-order valence-electron chi connectivity index (χ2n) is 3.88. The van der Waals surface area contributed by atoms with Crippen molar-refractivity contribution in [2.75, 3.05) is 6.61 Å². The minimum absolute atomic E-state index is 0.0473. The standard InChI is InChI=1S/C12H12ClNO3/c1-7-4-8-9(12(16)17)6-14(2-3-15)11(8)5-10(7)13/h4-6,15H,2-3H2,1H3,(H,16,17). The molecular formula is C12H12ClNO3. The number of aryl methyl sites for hydroxylation is 1. The summed E-state index contributed by atoms with van der Waals surface area (Å²) in [6.45, 7) is 2.13. The van der Waals surface area contributed by atoms with Crippen LogP contribution in [0.2, 0.25) is 5.02 Å². The first-order chi connectivity index (χ1) is 8.04. The summed E-state index contributed by atoms with van der Waals surface area (Å²) in [4.78, 5) is 11.1. The number of carboxylic acids is 1. The average molecular weight is 254 g/mol. The molecular weight excluding hydrogens is 242 g/mol. The van der Waals surface area contributed by atoms with Crippen molar-refractivity contribution < 1.29 is 15.0 Å². The number of benzene rings is 1. The van der Waals surface area contributed by atoms with Crippen LogP contribution in [0.1, 0.15) is 15.9 Å². The smallest absolute Gasteiger partial charge is 0.337 e. The van der Waals surface area contributed by atoms with Crippen LogP contribution in [-0.2, 0) is 6.54 Å². The van der Waals surface area contributed by atoms with Gasteiger partial charge in [-0.25, -0.2) is 4.79 Å². The number of aromatic nitrogens is 1. The van der Waals surface area contributed by atoms with Gasteiger partial charge in [-0.05, 0) is 24.6 Å². The van der Waals surface area contributed by atoms with E-state index in [1.54, 1.807) is 16.7 Å². The molecule has 4 nitrogen and oxygen atoms in total. The predicted octanol–water partition coefficient (Wildman–Crippen LogP) is 2.29. The number of aliphatic hydroxyl groups is 1. The lowest BCUT2D eigenvalue weighted by molar-refractivity contribution is 0.0698. The highest BCUT2D eigenvalue weighted by Crippen LogP contribution is 2.27. The molecule has 0 radical (unpaired) electrons. The fraction of sp³-hybridized carbons (Fsp3) is 0.250. The van der Waals surface area contributed by atoms with Gasteiger partial charge in [0.1, 0.15) is 0 Å². The third kappa shape index (κ3) is 2.01. The topological polar surface area (TPSA) is 62.5 Å². The third-order valence-corrected chi connectivity index (χ3v) is 3.14. The highest BCUT2D eigenvalue weighted by Gasteiger charge is 2.15. The molecule has 0 saturated carbocycles. The molecule has 0 aliphatic rings. The van der Waals surface area contributed by atoms with Gasteiger partial charge in [-0.15, -0.1) is 0 Å². The highest BCUT2D eigenvalue weighted by atomic mass is 35.5. The van der Waals surface area contributed by atoms with Gasteiger partial charge in [0.05, 0.1) is 17.7 Å². The van der Waals surface area contributed by atoms with E-state index in [-0.39, 0.29) is 12.2 Å². The Morgan fingerprint density at radius 2 is 2.18 bits per heavy atom. The van der Waals surface area contributed by atoms with Gasteiger partial charge in [0.15, 0.2) is 0 Å². The molecule has 1 aromatic heterocycles. The summed E-state index contributed by atoms with van der Waals surface area (Å²) in [5.74, 6) is -0.978. The van der Waals surface area contributed by atoms with Crippen LogP contribution in [0.25, 0.3) is 10.9 Å². The summed E-state index contributed by atoms with van der Waals surface area (Å²) in [5, 5.41) is 19.3. The Bertz CT molecular complexity index is 589. The summed E-state index contributed by atoms with van der Waals surface area (Å²) < 4.78 is 1.70. The zero-order chi connectivity index (χ0) is 12.6. The Labute approximate surface area is 103 Å². The van der Waals surface area contributed by atoms with Gasteiger partial charge in [-0.2, -0.15) is 0 Å².